The molecule has 1 aromatic carbocycles. The van der Waals surface area contributed by atoms with Crippen LogP contribution in [0, 0.1) is 0 Å². The van der Waals surface area contributed by atoms with Gasteiger partial charge in [0.2, 0.25) is 0 Å². The van der Waals surface area contributed by atoms with Gasteiger partial charge in [-0.25, -0.2) is 14.0 Å². The Morgan fingerprint density at radius 2 is 2.07 bits per heavy atom. The predicted molar refractivity (Wildman–Crippen MR) is 106 cm³/mol. The minimum Gasteiger partial charge on any atom is -0.349 e. The first-order valence-electron chi connectivity index (χ1n) is 9.53. The fourth-order valence-corrected chi connectivity index (χ4v) is 3.76. The van der Waals surface area contributed by atoms with Gasteiger partial charge >= 0.3 is 5.69 Å². The quantitative estimate of drug-likeness (QED) is 0.627. The summed E-state index contributed by atoms with van der Waals surface area (Å²) in [6.45, 7) is 2.67. The Kier molecular flexibility index (Phi) is 5.34. The van der Waals surface area contributed by atoms with Crippen molar-refractivity contribution in [2.24, 2.45) is 0 Å². The second-order valence-electron chi connectivity index (χ2n) is 6.86. The van der Waals surface area contributed by atoms with Crippen molar-refractivity contribution < 1.29 is 4.79 Å². The van der Waals surface area contributed by atoms with Gasteiger partial charge in [-0.1, -0.05) is 36.0 Å². The number of nitrogens with zero attached hydrogens (tertiary/aromatic N) is 5. The summed E-state index contributed by atoms with van der Waals surface area (Å²) in [5, 5.41) is 11.4. The topological polar surface area (TPSA) is 94.7 Å². The van der Waals surface area contributed by atoms with Crippen molar-refractivity contribution in [2.45, 2.75) is 45.1 Å². The highest BCUT2D eigenvalue weighted by Gasteiger charge is 2.31. The van der Waals surface area contributed by atoms with E-state index < -0.39 is 0 Å². The van der Waals surface area contributed by atoms with Crippen LogP contribution in [-0.2, 0) is 13.0 Å². The Bertz CT molecular complexity index is 1020. The standard InChI is InChI=1S/C19H22N6O2S/c1-2-6-15-16(28-23-21-15)18(26)20-11-12-24-19(27)25(14-7-4-3-5-8-14)17(22-24)13-9-10-13/h3-5,7-8,13H,2,6,9-12H2,1H3,(H,20,26). The number of hydrogen-bond donors (Lipinski definition) is 1. The summed E-state index contributed by atoms with van der Waals surface area (Å²) < 4.78 is 7.01. The molecule has 8 nitrogen and oxygen atoms in total. The average Bonchev–Trinajstić information content (AvgIpc) is 3.36. The summed E-state index contributed by atoms with van der Waals surface area (Å²) in [4.78, 5) is 25.8. The number of hydrogen-bond acceptors (Lipinski definition) is 6. The van der Waals surface area contributed by atoms with Crippen LogP contribution in [0.25, 0.3) is 5.69 Å². The van der Waals surface area contributed by atoms with E-state index in [9.17, 15) is 9.59 Å². The van der Waals surface area contributed by atoms with Gasteiger partial charge in [-0.15, -0.1) is 5.10 Å². The molecule has 0 radical (unpaired) electrons. The van der Waals surface area contributed by atoms with Crippen molar-refractivity contribution in [2.75, 3.05) is 6.54 Å². The van der Waals surface area contributed by atoms with Crippen molar-refractivity contribution >= 4 is 17.4 Å². The van der Waals surface area contributed by atoms with E-state index in [2.05, 4.69) is 20.0 Å². The number of carbonyl (C=O) groups is 1. The molecule has 0 saturated heterocycles. The molecule has 0 atom stereocenters. The molecule has 0 unspecified atom stereocenters. The molecule has 4 rings (SSSR count). The summed E-state index contributed by atoms with van der Waals surface area (Å²) in [5.41, 5.74) is 1.38. The Morgan fingerprint density at radius 3 is 2.79 bits per heavy atom. The van der Waals surface area contributed by atoms with E-state index in [1.54, 1.807) is 4.57 Å². The lowest BCUT2D eigenvalue weighted by Gasteiger charge is -2.04. The largest absolute Gasteiger partial charge is 0.350 e. The lowest BCUT2D eigenvalue weighted by molar-refractivity contribution is 0.0954. The molecule has 28 heavy (non-hydrogen) atoms. The third-order valence-corrected chi connectivity index (χ3v) is 5.45. The zero-order chi connectivity index (χ0) is 19.5. The Hall–Kier alpha value is -2.81. The van der Waals surface area contributed by atoms with Gasteiger partial charge in [-0.3, -0.25) is 4.79 Å². The van der Waals surface area contributed by atoms with E-state index in [1.807, 2.05) is 37.3 Å². The highest BCUT2D eigenvalue weighted by molar-refractivity contribution is 7.08. The zero-order valence-corrected chi connectivity index (χ0v) is 16.5. The van der Waals surface area contributed by atoms with Crippen LogP contribution in [-0.4, -0.2) is 36.4 Å². The van der Waals surface area contributed by atoms with Gasteiger partial charge in [0.25, 0.3) is 5.91 Å². The van der Waals surface area contributed by atoms with Crippen LogP contribution in [0.1, 0.15) is 53.3 Å². The van der Waals surface area contributed by atoms with Crippen LogP contribution in [0.15, 0.2) is 35.1 Å². The third-order valence-electron chi connectivity index (χ3n) is 4.68. The van der Waals surface area contributed by atoms with E-state index >= 15 is 0 Å². The number of para-hydroxylation sites is 1. The molecule has 1 aliphatic carbocycles. The number of amides is 1. The maximum absolute atomic E-state index is 12.9. The molecule has 1 fully saturated rings. The second kappa shape index (κ2) is 8.05. The van der Waals surface area contributed by atoms with E-state index in [0.29, 0.717) is 23.9 Å². The zero-order valence-electron chi connectivity index (χ0n) is 15.7. The first-order chi connectivity index (χ1) is 13.7. The third kappa shape index (κ3) is 3.75. The van der Waals surface area contributed by atoms with Gasteiger partial charge in [-0.2, -0.15) is 5.10 Å². The first kappa shape index (κ1) is 18.5. The fraction of sp³-hybridized carbons (Fsp3) is 0.421. The van der Waals surface area contributed by atoms with Crippen molar-refractivity contribution in [1.29, 1.82) is 0 Å². The molecule has 1 saturated carbocycles. The Labute approximate surface area is 166 Å². The van der Waals surface area contributed by atoms with Crippen molar-refractivity contribution in [3.8, 4) is 5.69 Å². The van der Waals surface area contributed by atoms with Gasteiger partial charge in [0.05, 0.1) is 17.9 Å². The smallest absolute Gasteiger partial charge is 0.349 e. The normalized spacial score (nSPS) is 13.6. The molecule has 2 heterocycles. The summed E-state index contributed by atoms with van der Waals surface area (Å²) >= 11 is 1.10. The molecule has 1 N–H and O–H groups in total. The molecular weight excluding hydrogens is 376 g/mol. The minimum atomic E-state index is -0.198. The molecular formula is C19H22N6O2S. The van der Waals surface area contributed by atoms with Crippen molar-refractivity contribution in [3.63, 3.8) is 0 Å². The van der Waals surface area contributed by atoms with Crippen LogP contribution in [0.4, 0.5) is 0 Å². The molecule has 1 amide bonds. The lowest BCUT2D eigenvalue weighted by Crippen LogP contribution is -2.32. The second-order valence-corrected chi connectivity index (χ2v) is 7.62. The van der Waals surface area contributed by atoms with Crippen LogP contribution in [0.3, 0.4) is 0 Å². The fourth-order valence-electron chi connectivity index (χ4n) is 3.13. The van der Waals surface area contributed by atoms with Crippen LogP contribution < -0.4 is 11.0 Å². The number of rotatable bonds is 8. The Balaban J connectivity index is 1.48. The van der Waals surface area contributed by atoms with Gasteiger partial charge < -0.3 is 5.32 Å². The SMILES string of the molecule is CCCc1nnsc1C(=O)NCCn1nc(C2CC2)n(-c2ccccc2)c1=O. The first-order valence-corrected chi connectivity index (χ1v) is 10.3. The van der Waals surface area contributed by atoms with Gasteiger partial charge in [0.1, 0.15) is 10.7 Å². The molecule has 3 aromatic rings. The van der Waals surface area contributed by atoms with Gasteiger partial charge in [0.15, 0.2) is 0 Å². The lowest BCUT2D eigenvalue weighted by atomic mass is 10.2. The number of nitrogens with one attached hydrogen (secondary N) is 1. The molecule has 0 bridgehead atoms. The van der Waals surface area contributed by atoms with E-state index in [-0.39, 0.29) is 11.6 Å². The van der Waals surface area contributed by atoms with E-state index in [1.165, 1.54) is 4.68 Å². The van der Waals surface area contributed by atoms with E-state index in [0.717, 1.165) is 54.4 Å². The number of benzene rings is 1. The van der Waals surface area contributed by atoms with E-state index in [4.69, 9.17) is 0 Å². The number of aryl methyl sites for hydroxylation is 1. The van der Waals surface area contributed by atoms with Crippen molar-refractivity contribution in [1.82, 2.24) is 29.3 Å². The number of carbonyl (C=O) groups excluding carboxylic acids is 1. The monoisotopic (exact) mass is 398 g/mol. The Morgan fingerprint density at radius 1 is 1.29 bits per heavy atom. The average molecular weight is 398 g/mol. The highest BCUT2D eigenvalue weighted by Crippen LogP contribution is 2.39. The minimum absolute atomic E-state index is 0.173. The molecule has 9 heteroatoms. The summed E-state index contributed by atoms with van der Waals surface area (Å²) in [5.74, 6) is 0.944. The molecule has 1 aliphatic rings. The van der Waals surface area contributed by atoms with Gasteiger partial charge in [0, 0.05) is 12.5 Å². The summed E-state index contributed by atoms with van der Waals surface area (Å²) in [6.07, 6.45) is 3.74. The molecule has 146 valence electrons. The molecule has 0 aliphatic heterocycles. The van der Waals surface area contributed by atoms with Gasteiger partial charge in [-0.05, 0) is 42.9 Å². The molecule has 2 aromatic heterocycles. The predicted octanol–water partition coefficient (Wildman–Crippen LogP) is 2.15. The van der Waals surface area contributed by atoms with Crippen LogP contribution >= 0.6 is 11.5 Å². The number of aromatic nitrogens is 5. The summed E-state index contributed by atoms with van der Waals surface area (Å²) in [6, 6.07) is 9.56. The molecule has 0 spiro atoms. The van der Waals surface area contributed by atoms with Crippen LogP contribution in [0.5, 0.6) is 0 Å². The highest BCUT2D eigenvalue weighted by atomic mass is 32.1. The maximum Gasteiger partial charge on any atom is 0.350 e. The van der Waals surface area contributed by atoms with Crippen LogP contribution in [0.2, 0.25) is 0 Å². The van der Waals surface area contributed by atoms with Crippen molar-refractivity contribution in [3.05, 3.63) is 57.2 Å². The summed E-state index contributed by atoms with van der Waals surface area (Å²) in [7, 11) is 0. The maximum atomic E-state index is 12.9.